The van der Waals surface area contributed by atoms with Crippen molar-refractivity contribution in [3.63, 3.8) is 0 Å². The molecule has 210 valence electrons. The molecule has 39 heavy (non-hydrogen) atoms. The average Bonchev–Trinajstić information content (AvgIpc) is 2.94. The summed E-state index contributed by atoms with van der Waals surface area (Å²) in [6.07, 6.45) is 7.47. The molecule has 0 amide bonds. The Bertz CT molecular complexity index is 1310. The Morgan fingerprint density at radius 1 is 0.821 bits per heavy atom. The first kappa shape index (κ1) is 30.4. The number of para-hydroxylation sites is 1. The van der Waals surface area contributed by atoms with E-state index in [0.29, 0.717) is 30.0 Å². The van der Waals surface area contributed by atoms with Gasteiger partial charge in [-0.1, -0.05) is 95.8 Å². The van der Waals surface area contributed by atoms with E-state index in [-0.39, 0.29) is 11.0 Å². The maximum Gasteiger partial charge on any atom is 0.335 e. The summed E-state index contributed by atoms with van der Waals surface area (Å²) in [5, 5.41) is 9.17. The third-order valence-corrected chi connectivity index (χ3v) is 9.54. The van der Waals surface area contributed by atoms with E-state index in [1.165, 1.54) is 0 Å². The summed E-state index contributed by atoms with van der Waals surface area (Å²) < 4.78 is 29.8. The minimum Gasteiger partial charge on any atom is -0.478 e. The van der Waals surface area contributed by atoms with Gasteiger partial charge in [0.15, 0.2) is 0 Å². The second-order valence-electron chi connectivity index (χ2n) is 10.9. The lowest BCUT2D eigenvalue weighted by Gasteiger charge is -2.28. The maximum absolute atomic E-state index is 14.1. The summed E-state index contributed by atoms with van der Waals surface area (Å²) in [5.74, 6) is -0.946. The molecule has 0 aliphatic carbocycles. The first-order valence-electron chi connectivity index (χ1n) is 14.1. The van der Waals surface area contributed by atoms with E-state index in [9.17, 15) is 18.3 Å². The predicted molar refractivity (Wildman–Crippen MR) is 160 cm³/mol. The topological polar surface area (TPSA) is 74.7 Å². The maximum atomic E-state index is 14.1. The molecular formula is C33H43NO4S. The number of carboxylic acids is 1. The fraction of sp³-hybridized carbons (Fsp3) is 0.424. The summed E-state index contributed by atoms with van der Waals surface area (Å²) in [6.45, 7) is 9.09. The van der Waals surface area contributed by atoms with Crippen molar-refractivity contribution in [2.45, 2.75) is 89.4 Å². The number of aromatic carboxylic acids is 1. The molecule has 0 radical (unpaired) electrons. The average molecular weight is 550 g/mol. The molecule has 1 N–H and O–H groups in total. The quantitative estimate of drug-likeness (QED) is 0.195. The van der Waals surface area contributed by atoms with E-state index in [1.807, 2.05) is 48.5 Å². The van der Waals surface area contributed by atoms with Gasteiger partial charge >= 0.3 is 5.97 Å². The lowest BCUT2D eigenvalue weighted by Crippen LogP contribution is -2.33. The molecule has 0 aliphatic rings. The summed E-state index contributed by atoms with van der Waals surface area (Å²) in [6, 6.07) is 22.0. The number of hydrogen-bond donors (Lipinski definition) is 1. The number of benzene rings is 3. The van der Waals surface area contributed by atoms with Crippen LogP contribution < -0.4 is 4.31 Å². The lowest BCUT2D eigenvalue weighted by atomic mass is 9.82. The van der Waals surface area contributed by atoms with E-state index in [4.69, 9.17) is 0 Å². The Morgan fingerprint density at radius 2 is 1.46 bits per heavy atom. The van der Waals surface area contributed by atoms with Crippen molar-refractivity contribution in [2.24, 2.45) is 0 Å². The monoisotopic (exact) mass is 549 g/mol. The summed E-state index contributed by atoms with van der Waals surface area (Å²) >= 11 is 0. The first-order valence-corrected chi connectivity index (χ1v) is 15.6. The predicted octanol–water partition coefficient (Wildman–Crippen LogP) is 8.02. The Balaban J connectivity index is 1.91. The highest BCUT2D eigenvalue weighted by molar-refractivity contribution is 7.92. The first-order chi connectivity index (χ1) is 18.6. The number of anilines is 1. The fourth-order valence-corrected chi connectivity index (χ4v) is 6.24. The van der Waals surface area contributed by atoms with Gasteiger partial charge < -0.3 is 5.11 Å². The van der Waals surface area contributed by atoms with Gasteiger partial charge in [-0.05, 0) is 78.1 Å². The number of rotatable bonds is 15. The van der Waals surface area contributed by atoms with Crippen LogP contribution in [0.2, 0.25) is 0 Å². The number of unbranched alkanes of at least 4 members (excludes halogenated alkanes) is 4. The van der Waals surface area contributed by atoms with Crippen molar-refractivity contribution in [3.05, 3.63) is 95.1 Å². The third-order valence-electron chi connectivity index (χ3n) is 7.72. The number of aryl methyl sites for hydroxylation is 2. The minimum absolute atomic E-state index is 0.0173. The van der Waals surface area contributed by atoms with Gasteiger partial charge in [0.2, 0.25) is 0 Å². The summed E-state index contributed by atoms with van der Waals surface area (Å²) in [5.41, 5.74) is 4.06. The normalized spacial score (nSPS) is 11.9. The van der Waals surface area contributed by atoms with E-state index >= 15 is 0 Å². The summed E-state index contributed by atoms with van der Waals surface area (Å²) in [4.78, 5) is 11.5. The molecule has 3 aromatic carbocycles. The van der Waals surface area contributed by atoms with Gasteiger partial charge in [0.1, 0.15) is 0 Å². The van der Waals surface area contributed by atoms with Crippen LogP contribution in [0.15, 0.2) is 77.7 Å². The zero-order chi connectivity index (χ0) is 28.5. The van der Waals surface area contributed by atoms with Crippen LogP contribution in [0, 0.1) is 0 Å². The van der Waals surface area contributed by atoms with Crippen LogP contribution in [0.1, 0.15) is 93.3 Å². The molecule has 0 aliphatic heterocycles. The molecule has 0 bridgehead atoms. The van der Waals surface area contributed by atoms with Gasteiger partial charge in [-0.3, -0.25) is 4.31 Å². The standard InChI is InChI=1S/C33H43NO4S/c1-5-7-8-9-12-25-34(39(37,38)30-23-21-29(22-24-30)33(3,4)6-2)31-14-11-10-13-27(31)18-15-26-16-19-28(20-17-26)32(35)36/h10-11,13-14,16-17,19-24H,5-9,12,15,18,25H2,1-4H3,(H,35,36). The summed E-state index contributed by atoms with van der Waals surface area (Å²) in [7, 11) is -3.77. The van der Waals surface area contributed by atoms with Gasteiger partial charge in [0.25, 0.3) is 10.0 Å². The van der Waals surface area contributed by atoms with Crippen molar-refractivity contribution >= 4 is 21.7 Å². The molecule has 0 unspecified atom stereocenters. The van der Waals surface area contributed by atoms with E-state index in [1.54, 1.807) is 28.6 Å². The second kappa shape index (κ2) is 13.8. The van der Waals surface area contributed by atoms with Crippen molar-refractivity contribution in [2.75, 3.05) is 10.8 Å². The molecule has 6 heteroatoms. The van der Waals surface area contributed by atoms with Gasteiger partial charge in [0.05, 0.1) is 16.1 Å². The number of nitrogens with zero attached hydrogens (tertiary/aromatic N) is 1. The molecule has 0 saturated carbocycles. The molecule has 0 spiro atoms. The molecule has 0 atom stereocenters. The van der Waals surface area contributed by atoms with Crippen LogP contribution in [0.25, 0.3) is 0 Å². The largest absolute Gasteiger partial charge is 0.478 e. The van der Waals surface area contributed by atoms with Crippen LogP contribution in [0.4, 0.5) is 5.69 Å². The van der Waals surface area contributed by atoms with Crippen LogP contribution in [-0.2, 0) is 28.3 Å². The van der Waals surface area contributed by atoms with Crippen molar-refractivity contribution in [3.8, 4) is 0 Å². The zero-order valence-corrected chi connectivity index (χ0v) is 24.6. The molecule has 3 rings (SSSR count). The molecule has 0 heterocycles. The van der Waals surface area contributed by atoms with E-state index in [2.05, 4.69) is 27.7 Å². The SMILES string of the molecule is CCCCCCCN(c1ccccc1CCc1ccc(C(=O)O)cc1)S(=O)(=O)c1ccc(C(C)(C)CC)cc1. The minimum atomic E-state index is -3.77. The zero-order valence-electron chi connectivity index (χ0n) is 23.8. The van der Waals surface area contributed by atoms with Gasteiger partial charge in [-0.15, -0.1) is 0 Å². The molecule has 0 saturated heterocycles. The number of carbonyl (C=O) groups is 1. The second-order valence-corrected chi connectivity index (χ2v) is 12.7. The van der Waals surface area contributed by atoms with E-state index < -0.39 is 16.0 Å². The molecule has 3 aromatic rings. The number of hydrogen-bond acceptors (Lipinski definition) is 3. The highest BCUT2D eigenvalue weighted by Gasteiger charge is 2.27. The van der Waals surface area contributed by atoms with Gasteiger partial charge in [-0.2, -0.15) is 0 Å². The van der Waals surface area contributed by atoms with Crippen molar-refractivity contribution in [1.29, 1.82) is 0 Å². The van der Waals surface area contributed by atoms with Crippen molar-refractivity contribution < 1.29 is 18.3 Å². The van der Waals surface area contributed by atoms with Crippen LogP contribution >= 0.6 is 0 Å². The highest BCUT2D eigenvalue weighted by Crippen LogP contribution is 2.31. The Labute approximate surface area is 234 Å². The van der Waals surface area contributed by atoms with Gasteiger partial charge in [0, 0.05) is 6.54 Å². The molecule has 0 aromatic heterocycles. The number of sulfonamides is 1. The molecule has 5 nitrogen and oxygen atoms in total. The lowest BCUT2D eigenvalue weighted by molar-refractivity contribution is 0.0697. The fourth-order valence-electron chi connectivity index (χ4n) is 4.70. The Hall–Kier alpha value is -3.12. The van der Waals surface area contributed by atoms with Crippen LogP contribution in [0.3, 0.4) is 0 Å². The molecule has 0 fully saturated rings. The Kier molecular flexibility index (Phi) is 10.8. The van der Waals surface area contributed by atoms with Crippen LogP contribution in [0.5, 0.6) is 0 Å². The smallest absolute Gasteiger partial charge is 0.335 e. The number of carboxylic acid groups (broad SMARTS) is 1. The highest BCUT2D eigenvalue weighted by atomic mass is 32.2. The van der Waals surface area contributed by atoms with Crippen LogP contribution in [-0.4, -0.2) is 26.0 Å². The van der Waals surface area contributed by atoms with Crippen molar-refractivity contribution in [1.82, 2.24) is 0 Å². The third kappa shape index (κ3) is 7.95. The molecular weight excluding hydrogens is 506 g/mol. The van der Waals surface area contributed by atoms with Gasteiger partial charge in [-0.25, -0.2) is 13.2 Å². The Morgan fingerprint density at radius 3 is 2.08 bits per heavy atom. The van der Waals surface area contributed by atoms with E-state index in [0.717, 1.165) is 55.2 Å².